The van der Waals surface area contributed by atoms with Gasteiger partial charge in [0.25, 0.3) is 0 Å². The number of hydrogen-bond donors (Lipinski definition) is 1. The van der Waals surface area contributed by atoms with Crippen LogP contribution in [-0.4, -0.2) is 38.3 Å². The van der Waals surface area contributed by atoms with Crippen LogP contribution in [0.15, 0.2) is 66.9 Å². The maximum atomic E-state index is 12.8. The van der Waals surface area contributed by atoms with Crippen LogP contribution in [0.25, 0.3) is 16.5 Å². The van der Waals surface area contributed by atoms with E-state index >= 15 is 0 Å². The van der Waals surface area contributed by atoms with Crippen molar-refractivity contribution in [2.75, 3.05) is 32.7 Å². The molecule has 0 unspecified atom stereocenters. The molecule has 5 rings (SSSR count). The number of amides is 1. The fraction of sp³-hybridized carbons (Fsp3) is 0.387. The molecule has 0 fully saturated rings. The fourth-order valence-corrected chi connectivity index (χ4v) is 5.56. The van der Waals surface area contributed by atoms with Gasteiger partial charge in [0.2, 0.25) is 5.91 Å². The van der Waals surface area contributed by atoms with Crippen molar-refractivity contribution in [2.24, 2.45) is 5.92 Å². The number of benzene rings is 2. The maximum Gasteiger partial charge on any atom is 0.224 e. The zero-order chi connectivity index (χ0) is 25.7. The predicted molar refractivity (Wildman–Crippen MR) is 150 cm³/mol. The molecule has 1 amide bonds. The second-order valence-electron chi connectivity index (χ2n) is 9.93. The number of carbonyl (C=O) groups is 1. The van der Waals surface area contributed by atoms with Crippen LogP contribution < -0.4 is 10.2 Å². The Morgan fingerprint density at radius 2 is 1.86 bits per heavy atom. The summed E-state index contributed by atoms with van der Waals surface area (Å²) in [6, 6.07) is 17.0. The topological polar surface area (TPSA) is 46.5 Å². The van der Waals surface area contributed by atoms with Crippen LogP contribution in [-0.2, 0) is 28.9 Å². The zero-order valence-corrected chi connectivity index (χ0v) is 22.1. The number of methoxy groups -OCH3 is 1. The average Bonchev–Trinajstić information content (AvgIpc) is 3.21. The van der Waals surface area contributed by atoms with Gasteiger partial charge in [-0.1, -0.05) is 56.3 Å². The Hall–Kier alpha value is -3.31. The third kappa shape index (κ3) is 5.41. The first-order valence-corrected chi connectivity index (χ1v) is 12.9. The molecule has 1 atom stereocenters. The van der Waals surface area contributed by atoms with E-state index in [1.165, 1.54) is 46.3 Å². The number of rotatable bonds is 6. The number of carbonyl (C=O) groups excluding carboxylic acids is 1. The molecule has 5 nitrogen and oxygen atoms in total. The molecule has 2 aromatic carbocycles. The first kappa shape index (κ1) is 25.8. The van der Waals surface area contributed by atoms with Gasteiger partial charge in [-0.25, -0.2) is 0 Å². The summed E-state index contributed by atoms with van der Waals surface area (Å²) in [5.41, 5.74) is 8.55. The minimum atomic E-state index is 0.0546. The molecular weight excluding hydrogens is 446 g/mol. The zero-order valence-electron chi connectivity index (χ0n) is 22.1. The van der Waals surface area contributed by atoms with Crippen LogP contribution in [0, 0.1) is 5.92 Å². The second kappa shape index (κ2) is 11.6. The van der Waals surface area contributed by atoms with Gasteiger partial charge >= 0.3 is 0 Å². The summed E-state index contributed by atoms with van der Waals surface area (Å²) in [6.07, 6.45) is 6.86. The summed E-state index contributed by atoms with van der Waals surface area (Å²) in [4.78, 5) is 15.0. The highest BCUT2D eigenvalue weighted by atomic mass is 16.4. The fourth-order valence-electron chi connectivity index (χ4n) is 5.56. The molecule has 190 valence electrons. The third-order valence-electron chi connectivity index (χ3n) is 7.30. The van der Waals surface area contributed by atoms with Crippen molar-refractivity contribution in [3.63, 3.8) is 0 Å². The van der Waals surface area contributed by atoms with Gasteiger partial charge in [-0.15, -0.1) is 0 Å². The molecule has 0 radical (unpaired) electrons. The standard InChI is InChI=1S/C29H33N3O.C2H6O/c1-4-21-13-14-32-26-12-8-6-10-24(26)29(27(32)16-21)20(2)18-30-28(33)17-22-15-23-9-5-7-11-25(23)31(3)19-22;1-3-2/h5-12,19,21H,2,4,13-18H2,1,3H3,(H,30,33);1-2H3/t21-;/m0./s1. The summed E-state index contributed by atoms with van der Waals surface area (Å²) >= 11 is 0. The number of para-hydroxylation sites is 2. The van der Waals surface area contributed by atoms with Gasteiger partial charge in [0.1, 0.15) is 0 Å². The van der Waals surface area contributed by atoms with Gasteiger partial charge in [0.05, 0.1) is 0 Å². The number of aromatic nitrogens is 1. The lowest BCUT2D eigenvalue weighted by Gasteiger charge is -2.26. The van der Waals surface area contributed by atoms with Crippen LogP contribution in [0.2, 0.25) is 0 Å². The van der Waals surface area contributed by atoms with E-state index in [1.807, 2.05) is 7.05 Å². The highest BCUT2D eigenvalue weighted by Crippen LogP contribution is 2.37. The summed E-state index contributed by atoms with van der Waals surface area (Å²) in [6.45, 7) is 8.25. The monoisotopic (exact) mass is 485 g/mol. The minimum absolute atomic E-state index is 0.0546. The molecule has 2 aliphatic rings. The van der Waals surface area contributed by atoms with E-state index in [1.54, 1.807) is 14.2 Å². The van der Waals surface area contributed by atoms with Crippen molar-refractivity contribution < 1.29 is 9.53 Å². The molecule has 0 saturated carbocycles. The Morgan fingerprint density at radius 3 is 2.64 bits per heavy atom. The molecule has 0 bridgehead atoms. The van der Waals surface area contributed by atoms with Gasteiger partial charge in [-0.2, -0.15) is 0 Å². The van der Waals surface area contributed by atoms with Crippen molar-refractivity contribution in [3.05, 3.63) is 83.7 Å². The van der Waals surface area contributed by atoms with Crippen molar-refractivity contribution in [1.29, 1.82) is 0 Å². The smallest absolute Gasteiger partial charge is 0.224 e. The lowest BCUT2D eigenvalue weighted by Crippen LogP contribution is -2.27. The SMILES string of the molecule is C=C(CNC(=O)CC1=CN(C)c2ccccc2C1)c1c2n(c3ccccc13)CC[C@H](CC)C2.COC. The summed E-state index contributed by atoms with van der Waals surface area (Å²) in [7, 11) is 5.29. The van der Waals surface area contributed by atoms with E-state index < -0.39 is 0 Å². The van der Waals surface area contributed by atoms with E-state index in [9.17, 15) is 4.79 Å². The first-order valence-electron chi connectivity index (χ1n) is 12.9. The molecule has 1 aromatic heterocycles. The average molecular weight is 486 g/mol. The van der Waals surface area contributed by atoms with Gasteiger partial charge in [0.15, 0.2) is 0 Å². The van der Waals surface area contributed by atoms with Crippen LogP contribution >= 0.6 is 0 Å². The van der Waals surface area contributed by atoms with Crippen molar-refractivity contribution in [1.82, 2.24) is 9.88 Å². The van der Waals surface area contributed by atoms with E-state index in [0.29, 0.717) is 13.0 Å². The highest BCUT2D eigenvalue weighted by Gasteiger charge is 2.25. The number of hydrogen-bond acceptors (Lipinski definition) is 3. The molecule has 5 heteroatoms. The Balaban J connectivity index is 0.000000967. The predicted octanol–water partition coefficient (Wildman–Crippen LogP) is 5.97. The van der Waals surface area contributed by atoms with Crippen LogP contribution in [0.1, 0.15) is 43.0 Å². The van der Waals surface area contributed by atoms with Gasteiger partial charge < -0.3 is 19.5 Å². The molecule has 0 saturated heterocycles. The number of nitrogens with zero attached hydrogens (tertiary/aromatic N) is 2. The lowest BCUT2D eigenvalue weighted by atomic mass is 9.90. The van der Waals surface area contributed by atoms with E-state index in [4.69, 9.17) is 0 Å². The van der Waals surface area contributed by atoms with Crippen LogP contribution in [0.4, 0.5) is 5.69 Å². The largest absolute Gasteiger partial charge is 0.388 e. The molecule has 36 heavy (non-hydrogen) atoms. The van der Waals surface area contributed by atoms with Crippen LogP contribution in [0.5, 0.6) is 0 Å². The Kier molecular flexibility index (Phi) is 8.32. The third-order valence-corrected chi connectivity index (χ3v) is 7.30. The molecule has 3 heterocycles. The Labute approximate surface area is 215 Å². The van der Waals surface area contributed by atoms with Crippen molar-refractivity contribution in [2.45, 2.75) is 45.6 Å². The number of ether oxygens (including phenoxy) is 1. The van der Waals surface area contributed by atoms with Crippen molar-refractivity contribution in [3.8, 4) is 0 Å². The molecule has 2 aliphatic heterocycles. The summed E-state index contributed by atoms with van der Waals surface area (Å²) in [5.74, 6) is 0.778. The number of fused-ring (bicyclic) bond motifs is 4. The minimum Gasteiger partial charge on any atom is -0.388 e. The number of nitrogens with one attached hydrogen (secondary N) is 1. The normalized spacial score (nSPS) is 16.4. The molecule has 0 aliphatic carbocycles. The molecule has 0 spiro atoms. The van der Waals surface area contributed by atoms with Gasteiger partial charge in [-0.05, 0) is 54.0 Å². The van der Waals surface area contributed by atoms with Gasteiger partial charge in [-0.3, -0.25) is 4.79 Å². The lowest BCUT2D eigenvalue weighted by molar-refractivity contribution is -0.120. The second-order valence-corrected chi connectivity index (χ2v) is 9.93. The van der Waals surface area contributed by atoms with Gasteiger partial charge in [0, 0.05) is 74.8 Å². The molecule has 3 aromatic rings. The Morgan fingerprint density at radius 1 is 1.14 bits per heavy atom. The van der Waals surface area contributed by atoms with Crippen LogP contribution in [0.3, 0.4) is 0 Å². The van der Waals surface area contributed by atoms with E-state index in [-0.39, 0.29) is 5.91 Å². The number of aryl methyl sites for hydroxylation is 1. The summed E-state index contributed by atoms with van der Waals surface area (Å²) in [5, 5.41) is 4.41. The van der Waals surface area contributed by atoms with E-state index in [2.05, 4.69) is 87.8 Å². The van der Waals surface area contributed by atoms with E-state index in [0.717, 1.165) is 36.5 Å². The first-order chi connectivity index (χ1) is 17.5. The number of anilines is 1. The highest BCUT2D eigenvalue weighted by molar-refractivity contribution is 5.95. The van der Waals surface area contributed by atoms with Crippen molar-refractivity contribution >= 4 is 28.1 Å². The molecular formula is C31H39N3O2. The quantitative estimate of drug-likeness (QED) is 0.468. The maximum absolute atomic E-state index is 12.8. The Bertz CT molecular complexity index is 1270. The molecule has 1 N–H and O–H groups in total. The summed E-state index contributed by atoms with van der Waals surface area (Å²) < 4.78 is 6.73.